The molecule has 0 aromatic heterocycles. The van der Waals surface area contributed by atoms with Crippen LogP contribution in [-0.4, -0.2) is 12.7 Å². The zero-order chi connectivity index (χ0) is 15.2. The molecule has 0 spiro atoms. The van der Waals surface area contributed by atoms with Crippen LogP contribution in [0.2, 0.25) is 0 Å². The average Bonchev–Trinajstić information content (AvgIpc) is 2.35. The second kappa shape index (κ2) is 7.67. The quantitative estimate of drug-likeness (QED) is 0.737. The van der Waals surface area contributed by atoms with Gasteiger partial charge in [-0.2, -0.15) is 13.2 Å². The van der Waals surface area contributed by atoms with Crippen LogP contribution in [0.5, 0.6) is 0 Å². The van der Waals surface area contributed by atoms with Crippen LogP contribution >= 0.6 is 0 Å². The molecule has 0 bridgehead atoms. The summed E-state index contributed by atoms with van der Waals surface area (Å²) in [6.45, 7) is 6.90. The van der Waals surface area contributed by atoms with Crippen LogP contribution in [0.1, 0.15) is 55.3 Å². The Labute approximate surface area is 119 Å². The molecule has 1 atom stereocenters. The molecule has 0 saturated carbocycles. The number of hydrogen-bond donors (Lipinski definition) is 1. The maximum Gasteiger partial charge on any atom is 0.389 e. The third-order valence-electron chi connectivity index (χ3n) is 3.40. The first kappa shape index (κ1) is 17.0. The van der Waals surface area contributed by atoms with Crippen molar-refractivity contribution in [2.75, 3.05) is 6.54 Å². The van der Waals surface area contributed by atoms with Crippen LogP contribution in [0.25, 0.3) is 0 Å². The molecule has 0 heterocycles. The fraction of sp³-hybridized carbons (Fsp3) is 0.625. The second-order valence-electron chi connectivity index (χ2n) is 5.37. The molecule has 1 aromatic rings. The molecule has 0 amide bonds. The summed E-state index contributed by atoms with van der Waals surface area (Å²) >= 11 is 0. The predicted octanol–water partition coefficient (Wildman–Crippen LogP) is 5.08. The van der Waals surface area contributed by atoms with Gasteiger partial charge in [0.2, 0.25) is 0 Å². The molecule has 1 N–H and O–H groups in total. The lowest BCUT2D eigenvalue weighted by Gasteiger charge is -2.22. The third kappa shape index (κ3) is 5.95. The van der Waals surface area contributed by atoms with Crippen LogP contribution in [0.15, 0.2) is 18.2 Å². The summed E-state index contributed by atoms with van der Waals surface area (Å²) in [4.78, 5) is 0. The molecule has 1 nitrogen and oxygen atoms in total. The zero-order valence-corrected chi connectivity index (χ0v) is 12.5. The smallest absolute Gasteiger partial charge is 0.310 e. The minimum atomic E-state index is -4.06. The number of nitrogens with one attached hydrogen (secondary N) is 1. The highest BCUT2D eigenvalue weighted by atomic mass is 19.4. The Morgan fingerprint density at radius 2 is 1.90 bits per heavy atom. The van der Waals surface area contributed by atoms with Crippen LogP contribution < -0.4 is 5.32 Å². The van der Waals surface area contributed by atoms with Crippen LogP contribution in [0.4, 0.5) is 13.2 Å². The highest BCUT2D eigenvalue weighted by Crippen LogP contribution is 2.28. The van der Waals surface area contributed by atoms with Gasteiger partial charge in [-0.25, -0.2) is 0 Å². The standard InChI is InChI=1S/C16H24F3N/c1-4-10-20-15(6-5-9-16(17,18)19)14-11-12(2)7-8-13(14)3/h7-8,11,15,20H,4-6,9-10H2,1-3H3. The van der Waals surface area contributed by atoms with E-state index in [0.717, 1.165) is 29.7 Å². The van der Waals surface area contributed by atoms with E-state index in [-0.39, 0.29) is 12.5 Å². The number of hydrogen-bond acceptors (Lipinski definition) is 1. The van der Waals surface area contributed by atoms with Crippen molar-refractivity contribution in [2.24, 2.45) is 0 Å². The van der Waals surface area contributed by atoms with Gasteiger partial charge in [0.1, 0.15) is 0 Å². The molecule has 4 heteroatoms. The van der Waals surface area contributed by atoms with E-state index in [1.165, 1.54) is 0 Å². The van der Waals surface area contributed by atoms with Gasteiger partial charge in [0.15, 0.2) is 0 Å². The lowest BCUT2D eigenvalue weighted by Crippen LogP contribution is -2.23. The molecule has 114 valence electrons. The van der Waals surface area contributed by atoms with E-state index in [4.69, 9.17) is 0 Å². The van der Waals surface area contributed by atoms with E-state index < -0.39 is 12.6 Å². The van der Waals surface area contributed by atoms with Crippen molar-refractivity contribution < 1.29 is 13.2 Å². The number of aryl methyl sites for hydroxylation is 2. The summed E-state index contributed by atoms with van der Waals surface area (Å²) in [5.41, 5.74) is 3.40. The van der Waals surface area contributed by atoms with Gasteiger partial charge >= 0.3 is 6.18 Å². The fourth-order valence-electron chi connectivity index (χ4n) is 2.33. The highest BCUT2D eigenvalue weighted by Gasteiger charge is 2.27. The van der Waals surface area contributed by atoms with E-state index in [9.17, 15) is 13.2 Å². The molecular formula is C16H24F3N. The Kier molecular flexibility index (Phi) is 6.53. The van der Waals surface area contributed by atoms with Gasteiger partial charge in [-0.15, -0.1) is 0 Å². The Morgan fingerprint density at radius 3 is 2.50 bits per heavy atom. The summed E-state index contributed by atoms with van der Waals surface area (Å²) < 4.78 is 36.9. The molecule has 1 unspecified atom stereocenters. The zero-order valence-electron chi connectivity index (χ0n) is 12.5. The van der Waals surface area contributed by atoms with E-state index in [0.29, 0.717) is 6.42 Å². The maximum atomic E-state index is 12.3. The highest BCUT2D eigenvalue weighted by molar-refractivity contribution is 5.33. The lowest BCUT2D eigenvalue weighted by atomic mass is 9.95. The Bertz CT molecular complexity index is 413. The minimum Gasteiger partial charge on any atom is -0.310 e. The number of rotatable bonds is 7. The number of benzene rings is 1. The normalized spacial score (nSPS) is 13.5. The summed E-state index contributed by atoms with van der Waals surface area (Å²) in [5.74, 6) is 0. The Hall–Kier alpha value is -1.03. The predicted molar refractivity (Wildman–Crippen MR) is 76.9 cm³/mol. The largest absolute Gasteiger partial charge is 0.389 e. The summed E-state index contributed by atoms with van der Waals surface area (Å²) in [5, 5.41) is 3.37. The SMILES string of the molecule is CCCNC(CCCC(F)(F)F)c1cc(C)ccc1C. The number of alkyl halides is 3. The van der Waals surface area contributed by atoms with Crippen LogP contribution in [-0.2, 0) is 0 Å². The monoisotopic (exact) mass is 287 g/mol. The summed E-state index contributed by atoms with van der Waals surface area (Å²) in [6, 6.07) is 6.16. The summed E-state index contributed by atoms with van der Waals surface area (Å²) in [7, 11) is 0. The summed E-state index contributed by atoms with van der Waals surface area (Å²) in [6.07, 6.45) is -3.11. The van der Waals surface area contributed by atoms with Gasteiger partial charge in [0, 0.05) is 12.5 Å². The molecule has 1 aromatic carbocycles. The first-order valence-corrected chi connectivity index (χ1v) is 7.20. The molecule has 1 rings (SSSR count). The molecule has 0 aliphatic rings. The van der Waals surface area contributed by atoms with Crippen molar-refractivity contribution in [3.63, 3.8) is 0 Å². The van der Waals surface area contributed by atoms with Crippen molar-refractivity contribution in [2.45, 2.75) is 58.7 Å². The third-order valence-corrected chi connectivity index (χ3v) is 3.40. The van der Waals surface area contributed by atoms with Gasteiger partial charge < -0.3 is 5.32 Å². The van der Waals surface area contributed by atoms with Crippen molar-refractivity contribution >= 4 is 0 Å². The number of halogens is 3. The Balaban J connectivity index is 2.75. The molecular weight excluding hydrogens is 263 g/mol. The van der Waals surface area contributed by atoms with Crippen molar-refractivity contribution in [1.29, 1.82) is 0 Å². The maximum absolute atomic E-state index is 12.3. The van der Waals surface area contributed by atoms with E-state index in [1.54, 1.807) is 0 Å². The van der Waals surface area contributed by atoms with Gasteiger partial charge in [0.05, 0.1) is 0 Å². The molecule has 0 aliphatic heterocycles. The van der Waals surface area contributed by atoms with Gasteiger partial charge in [-0.3, -0.25) is 0 Å². The fourth-order valence-corrected chi connectivity index (χ4v) is 2.33. The van der Waals surface area contributed by atoms with Crippen LogP contribution in [0, 0.1) is 13.8 Å². The van der Waals surface area contributed by atoms with E-state index in [2.05, 4.69) is 18.3 Å². The van der Waals surface area contributed by atoms with Gasteiger partial charge in [0.25, 0.3) is 0 Å². The van der Waals surface area contributed by atoms with Gasteiger partial charge in [-0.1, -0.05) is 30.7 Å². The lowest BCUT2D eigenvalue weighted by molar-refractivity contribution is -0.135. The molecule has 0 fully saturated rings. The second-order valence-corrected chi connectivity index (χ2v) is 5.37. The topological polar surface area (TPSA) is 12.0 Å². The molecule has 0 aliphatic carbocycles. The van der Waals surface area contributed by atoms with Crippen molar-refractivity contribution in [3.05, 3.63) is 34.9 Å². The first-order chi connectivity index (χ1) is 9.33. The van der Waals surface area contributed by atoms with E-state index in [1.807, 2.05) is 26.0 Å². The van der Waals surface area contributed by atoms with Gasteiger partial charge in [-0.05, 0) is 50.8 Å². The van der Waals surface area contributed by atoms with Crippen molar-refractivity contribution in [1.82, 2.24) is 5.32 Å². The minimum absolute atomic E-state index is 0.0113. The van der Waals surface area contributed by atoms with Crippen molar-refractivity contribution in [3.8, 4) is 0 Å². The molecule has 0 radical (unpaired) electrons. The molecule has 20 heavy (non-hydrogen) atoms. The van der Waals surface area contributed by atoms with Crippen LogP contribution in [0.3, 0.4) is 0 Å². The average molecular weight is 287 g/mol. The Morgan fingerprint density at radius 1 is 1.20 bits per heavy atom. The first-order valence-electron chi connectivity index (χ1n) is 7.20. The van der Waals surface area contributed by atoms with E-state index >= 15 is 0 Å². The molecule has 0 saturated heterocycles.